The first-order valence-corrected chi connectivity index (χ1v) is 10.3. The van der Waals surface area contributed by atoms with Gasteiger partial charge in [-0.2, -0.15) is 0 Å². The van der Waals surface area contributed by atoms with Crippen molar-refractivity contribution in [2.24, 2.45) is 0 Å². The lowest BCUT2D eigenvalue weighted by molar-refractivity contribution is -0.384. The summed E-state index contributed by atoms with van der Waals surface area (Å²) in [5.41, 5.74) is 0.276. The van der Waals surface area contributed by atoms with Crippen LogP contribution in [0.15, 0.2) is 48.5 Å². The molecule has 8 heteroatoms. The van der Waals surface area contributed by atoms with Crippen LogP contribution in [0, 0.1) is 10.1 Å². The predicted molar refractivity (Wildman–Crippen MR) is 115 cm³/mol. The van der Waals surface area contributed by atoms with Crippen molar-refractivity contribution in [2.75, 3.05) is 13.1 Å². The van der Waals surface area contributed by atoms with Gasteiger partial charge < -0.3 is 19.1 Å². The molecule has 0 atom stereocenters. The minimum Gasteiger partial charge on any atom is -0.490 e. The predicted octanol–water partition coefficient (Wildman–Crippen LogP) is 4.95. The van der Waals surface area contributed by atoms with Crippen molar-refractivity contribution in [1.82, 2.24) is 4.90 Å². The molecule has 0 aromatic heterocycles. The van der Waals surface area contributed by atoms with Gasteiger partial charge in [0.25, 0.3) is 5.69 Å². The Bertz CT molecular complexity index is 899. The molecule has 1 saturated heterocycles. The highest BCUT2D eigenvalue weighted by atomic mass is 16.6. The maximum atomic E-state index is 12.1. The Morgan fingerprint density at radius 3 is 2.35 bits per heavy atom. The molecule has 1 aliphatic heterocycles. The molecule has 3 rings (SSSR count). The van der Waals surface area contributed by atoms with Crippen molar-refractivity contribution in [3.05, 3.63) is 64.2 Å². The number of ether oxygens (including phenoxy) is 3. The van der Waals surface area contributed by atoms with Gasteiger partial charge in [0.2, 0.25) is 0 Å². The molecular formula is C23H28N2O6. The normalized spacial score (nSPS) is 14.7. The lowest BCUT2D eigenvalue weighted by Gasteiger charge is -2.33. The lowest BCUT2D eigenvalue weighted by atomic mass is 10.1. The molecule has 2 aromatic carbocycles. The van der Waals surface area contributed by atoms with Crippen molar-refractivity contribution in [3.8, 4) is 11.5 Å². The molecule has 166 valence electrons. The summed E-state index contributed by atoms with van der Waals surface area (Å²) in [5, 5.41) is 10.9. The first kappa shape index (κ1) is 22.4. The molecule has 31 heavy (non-hydrogen) atoms. The Kier molecular flexibility index (Phi) is 6.99. The Hall–Kier alpha value is -3.29. The Labute approximate surface area is 181 Å². The van der Waals surface area contributed by atoms with Gasteiger partial charge in [0.05, 0.1) is 4.92 Å². The Morgan fingerprint density at radius 2 is 1.74 bits per heavy atom. The number of rotatable bonds is 6. The summed E-state index contributed by atoms with van der Waals surface area (Å²) in [6, 6.07) is 13.7. The van der Waals surface area contributed by atoms with Crippen LogP contribution in [0.3, 0.4) is 0 Å². The Balaban J connectivity index is 1.45. The molecule has 0 aliphatic carbocycles. The van der Waals surface area contributed by atoms with Gasteiger partial charge in [-0.25, -0.2) is 4.79 Å². The number of likely N-dealkylation sites (tertiary alicyclic amines) is 1. The first-order valence-electron chi connectivity index (χ1n) is 10.3. The van der Waals surface area contributed by atoms with Gasteiger partial charge in [-0.15, -0.1) is 0 Å². The van der Waals surface area contributed by atoms with Crippen LogP contribution in [0.25, 0.3) is 0 Å². The fourth-order valence-corrected chi connectivity index (χ4v) is 3.22. The molecule has 0 unspecified atom stereocenters. The smallest absolute Gasteiger partial charge is 0.410 e. The molecule has 0 N–H and O–H groups in total. The van der Waals surface area contributed by atoms with Crippen LogP contribution in [-0.2, 0) is 11.3 Å². The number of nitro groups is 1. The number of piperidine rings is 1. The van der Waals surface area contributed by atoms with Crippen LogP contribution < -0.4 is 9.47 Å². The molecule has 8 nitrogen and oxygen atoms in total. The average molecular weight is 428 g/mol. The van der Waals surface area contributed by atoms with Crippen molar-refractivity contribution in [1.29, 1.82) is 0 Å². The summed E-state index contributed by atoms with van der Waals surface area (Å²) in [6.45, 7) is 7.02. The van der Waals surface area contributed by atoms with E-state index in [9.17, 15) is 14.9 Å². The number of hydrogen-bond acceptors (Lipinski definition) is 6. The first-order chi connectivity index (χ1) is 14.7. The lowest BCUT2D eigenvalue weighted by Crippen LogP contribution is -2.44. The third kappa shape index (κ3) is 6.87. The zero-order valence-corrected chi connectivity index (χ0v) is 18.1. The highest BCUT2D eigenvalue weighted by Crippen LogP contribution is 2.24. The third-order valence-electron chi connectivity index (χ3n) is 4.75. The van der Waals surface area contributed by atoms with E-state index in [1.807, 2.05) is 45.0 Å². The number of nitrogens with zero attached hydrogens (tertiary/aromatic N) is 2. The molecule has 0 saturated carbocycles. The van der Waals surface area contributed by atoms with E-state index in [2.05, 4.69) is 0 Å². The summed E-state index contributed by atoms with van der Waals surface area (Å²) >= 11 is 0. The molecule has 0 spiro atoms. The molecule has 0 bridgehead atoms. The highest BCUT2D eigenvalue weighted by Gasteiger charge is 2.27. The van der Waals surface area contributed by atoms with Crippen molar-refractivity contribution >= 4 is 11.8 Å². The number of benzene rings is 2. The molecule has 1 heterocycles. The topological polar surface area (TPSA) is 91.1 Å². The fraction of sp³-hybridized carbons (Fsp3) is 0.435. The van der Waals surface area contributed by atoms with E-state index in [0.717, 1.165) is 24.2 Å². The van der Waals surface area contributed by atoms with Crippen LogP contribution in [0.2, 0.25) is 0 Å². The molecule has 1 aliphatic rings. The molecule has 1 fully saturated rings. The second-order valence-corrected chi connectivity index (χ2v) is 8.47. The molecule has 0 radical (unpaired) electrons. The van der Waals surface area contributed by atoms with Crippen LogP contribution in [0.5, 0.6) is 11.5 Å². The van der Waals surface area contributed by atoms with Gasteiger partial charge in [-0.3, -0.25) is 10.1 Å². The van der Waals surface area contributed by atoms with E-state index in [-0.39, 0.29) is 24.5 Å². The zero-order chi connectivity index (χ0) is 22.4. The second-order valence-electron chi connectivity index (χ2n) is 8.47. The van der Waals surface area contributed by atoms with Crippen LogP contribution in [0.4, 0.5) is 10.5 Å². The van der Waals surface area contributed by atoms with Gasteiger partial charge in [0, 0.05) is 38.1 Å². The maximum Gasteiger partial charge on any atom is 0.410 e. The maximum absolute atomic E-state index is 12.1. The number of carbonyl (C=O) groups excluding carboxylic acids is 1. The van der Waals surface area contributed by atoms with Crippen molar-refractivity contribution in [2.45, 2.75) is 51.9 Å². The number of non-ortho nitro benzene ring substituents is 1. The summed E-state index contributed by atoms with van der Waals surface area (Å²) < 4.78 is 17.2. The van der Waals surface area contributed by atoms with E-state index in [1.54, 1.807) is 17.0 Å². The van der Waals surface area contributed by atoms with E-state index in [1.165, 1.54) is 12.1 Å². The van der Waals surface area contributed by atoms with E-state index >= 15 is 0 Å². The second kappa shape index (κ2) is 9.68. The van der Waals surface area contributed by atoms with Gasteiger partial charge in [0.1, 0.15) is 29.8 Å². The van der Waals surface area contributed by atoms with Crippen LogP contribution in [0.1, 0.15) is 39.2 Å². The van der Waals surface area contributed by atoms with Crippen molar-refractivity contribution < 1.29 is 23.9 Å². The fourth-order valence-electron chi connectivity index (χ4n) is 3.22. The Morgan fingerprint density at radius 1 is 1.10 bits per heavy atom. The van der Waals surface area contributed by atoms with Gasteiger partial charge in [-0.05, 0) is 50.6 Å². The summed E-state index contributed by atoms with van der Waals surface area (Å²) in [6.07, 6.45) is 1.24. The van der Waals surface area contributed by atoms with Gasteiger partial charge in [-0.1, -0.05) is 12.1 Å². The minimum absolute atomic E-state index is 0.0373. The average Bonchev–Trinajstić information content (AvgIpc) is 2.73. The summed E-state index contributed by atoms with van der Waals surface area (Å²) in [5.74, 6) is 1.39. The highest BCUT2D eigenvalue weighted by molar-refractivity contribution is 5.68. The third-order valence-corrected chi connectivity index (χ3v) is 4.75. The standard InChI is InChI=1S/C23H28N2O6/c1-23(2,3)31-22(26)24-13-11-21(12-14-24)30-20-9-7-19(8-10-20)29-16-17-5-4-6-18(15-17)25(27)28/h4-10,15,21H,11-14,16H2,1-3H3. The number of nitro benzene ring substituents is 1. The van der Waals surface area contributed by atoms with E-state index in [0.29, 0.717) is 18.8 Å². The molecular weight excluding hydrogens is 400 g/mol. The number of amides is 1. The van der Waals surface area contributed by atoms with Gasteiger partial charge in [0.15, 0.2) is 0 Å². The quantitative estimate of drug-likeness (QED) is 0.477. The number of hydrogen-bond donors (Lipinski definition) is 0. The van der Waals surface area contributed by atoms with E-state index in [4.69, 9.17) is 14.2 Å². The molecule has 2 aromatic rings. The largest absolute Gasteiger partial charge is 0.490 e. The SMILES string of the molecule is CC(C)(C)OC(=O)N1CCC(Oc2ccc(OCc3cccc([N+](=O)[O-])c3)cc2)CC1. The van der Waals surface area contributed by atoms with Crippen molar-refractivity contribution in [3.63, 3.8) is 0 Å². The number of carbonyl (C=O) groups is 1. The summed E-state index contributed by atoms with van der Waals surface area (Å²) in [7, 11) is 0. The monoisotopic (exact) mass is 428 g/mol. The molecule has 1 amide bonds. The van der Waals surface area contributed by atoms with Crippen LogP contribution >= 0.6 is 0 Å². The summed E-state index contributed by atoms with van der Waals surface area (Å²) in [4.78, 5) is 24.3. The van der Waals surface area contributed by atoms with Gasteiger partial charge >= 0.3 is 6.09 Å². The zero-order valence-electron chi connectivity index (χ0n) is 18.1. The minimum atomic E-state index is -0.497. The van der Waals surface area contributed by atoms with Crippen LogP contribution in [-0.4, -0.2) is 40.7 Å². The van der Waals surface area contributed by atoms with E-state index < -0.39 is 10.5 Å².